The Balaban J connectivity index is 2.89. The van der Waals surface area contributed by atoms with E-state index < -0.39 is 15.9 Å². The van der Waals surface area contributed by atoms with Gasteiger partial charge in [0.1, 0.15) is 5.75 Å². The van der Waals surface area contributed by atoms with E-state index in [0.717, 1.165) is 6.26 Å². The summed E-state index contributed by atoms with van der Waals surface area (Å²) < 4.78 is 22.6. The quantitative estimate of drug-likeness (QED) is 0.764. The Labute approximate surface area is 120 Å². The van der Waals surface area contributed by atoms with Crippen LogP contribution in [0.5, 0.6) is 5.75 Å². The number of hydrogen-bond acceptors (Lipinski definition) is 5. The van der Waals surface area contributed by atoms with Crippen molar-refractivity contribution in [2.75, 3.05) is 12.8 Å². The molecule has 6 heteroatoms. The topological polar surface area (TPSA) is 86.6 Å². The van der Waals surface area contributed by atoms with Gasteiger partial charge in [0.2, 0.25) is 0 Å². The van der Waals surface area contributed by atoms with E-state index >= 15 is 0 Å². The number of hydrogen-bond donors (Lipinski definition) is 3. The van der Waals surface area contributed by atoms with Crippen LogP contribution in [0.1, 0.15) is 38.0 Å². The molecular weight excluding hydrogens is 278 g/mol. The molecule has 0 saturated heterocycles. The predicted molar refractivity (Wildman–Crippen MR) is 79.4 cm³/mol. The molecule has 1 rings (SSSR count). The number of aromatic hydroxyl groups is 1. The normalized spacial score (nSPS) is 14.2. The molecule has 1 atom stereocenters. The molecule has 0 aliphatic rings. The summed E-state index contributed by atoms with van der Waals surface area (Å²) in [6.45, 7) is 6.33. The maximum absolute atomic E-state index is 11.3. The minimum Gasteiger partial charge on any atom is -0.508 e. The molecule has 0 bridgehead atoms. The monoisotopic (exact) mass is 301 g/mol. The van der Waals surface area contributed by atoms with Crippen LogP contribution in [0.2, 0.25) is 0 Å². The third-order valence-corrected chi connectivity index (χ3v) is 3.57. The Morgan fingerprint density at radius 2 is 1.90 bits per heavy atom. The van der Waals surface area contributed by atoms with Gasteiger partial charge in [-0.3, -0.25) is 0 Å². The van der Waals surface area contributed by atoms with Gasteiger partial charge in [-0.05, 0) is 38.5 Å². The van der Waals surface area contributed by atoms with Gasteiger partial charge in [0.15, 0.2) is 9.84 Å². The van der Waals surface area contributed by atoms with Gasteiger partial charge < -0.3 is 15.5 Å². The second kappa shape index (κ2) is 6.11. The van der Waals surface area contributed by atoms with E-state index in [1.54, 1.807) is 6.07 Å². The second-order valence-corrected chi connectivity index (χ2v) is 8.25. The predicted octanol–water partition coefficient (Wildman–Crippen LogP) is 1.36. The highest BCUT2D eigenvalue weighted by molar-refractivity contribution is 7.89. The molecule has 0 aliphatic carbocycles. The molecule has 0 amide bonds. The summed E-state index contributed by atoms with van der Waals surface area (Å²) >= 11 is 0. The van der Waals surface area contributed by atoms with Crippen LogP contribution in [-0.4, -0.2) is 37.0 Å². The summed E-state index contributed by atoms with van der Waals surface area (Å²) in [6, 6.07) is 4.54. The van der Waals surface area contributed by atoms with Gasteiger partial charge in [0.05, 0.1) is 11.9 Å². The Hall–Kier alpha value is -1.11. The van der Waals surface area contributed by atoms with Crippen LogP contribution in [0.15, 0.2) is 18.2 Å². The van der Waals surface area contributed by atoms with E-state index in [1.165, 1.54) is 12.1 Å². The smallest absolute Gasteiger partial charge is 0.151 e. The van der Waals surface area contributed by atoms with Crippen molar-refractivity contribution in [3.05, 3.63) is 29.3 Å². The zero-order valence-corrected chi connectivity index (χ0v) is 13.2. The molecule has 1 unspecified atom stereocenters. The van der Waals surface area contributed by atoms with E-state index in [0.29, 0.717) is 17.7 Å². The molecule has 114 valence electrons. The summed E-state index contributed by atoms with van der Waals surface area (Å²) in [5, 5.41) is 23.0. The van der Waals surface area contributed by atoms with Gasteiger partial charge >= 0.3 is 0 Å². The van der Waals surface area contributed by atoms with Crippen LogP contribution in [0.3, 0.4) is 0 Å². The molecule has 0 spiro atoms. The Kier molecular flexibility index (Phi) is 5.18. The number of aliphatic hydroxyl groups excluding tert-OH is 1. The molecule has 0 radical (unpaired) electrons. The molecule has 3 N–H and O–H groups in total. The fourth-order valence-corrected chi connectivity index (χ4v) is 2.53. The SMILES string of the molecule is CC(C)(C)NCC(O)c1ccc(O)c(CS(C)(=O)=O)c1. The molecule has 0 saturated carbocycles. The number of sulfone groups is 1. The summed E-state index contributed by atoms with van der Waals surface area (Å²) in [5.41, 5.74) is 0.769. The number of benzene rings is 1. The molecule has 1 aromatic carbocycles. The molecule has 0 heterocycles. The Morgan fingerprint density at radius 1 is 1.30 bits per heavy atom. The molecule has 1 aromatic rings. The van der Waals surface area contributed by atoms with Crippen LogP contribution < -0.4 is 5.32 Å². The van der Waals surface area contributed by atoms with E-state index in [1.807, 2.05) is 20.8 Å². The number of phenols is 1. The third kappa shape index (κ3) is 5.90. The van der Waals surface area contributed by atoms with Gasteiger partial charge in [-0.1, -0.05) is 6.07 Å². The van der Waals surface area contributed by atoms with Crippen molar-refractivity contribution < 1.29 is 18.6 Å². The van der Waals surface area contributed by atoms with Crippen molar-refractivity contribution in [2.45, 2.75) is 38.2 Å². The van der Waals surface area contributed by atoms with Crippen LogP contribution >= 0.6 is 0 Å². The van der Waals surface area contributed by atoms with Gasteiger partial charge in [-0.2, -0.15) is 0 Å². The molecule has 0 aromatic heterocycles. The highest BCUT2D eigenvalue weighted by Gasteiger charge is 2.16. The second-order valence-electron chi connectivity index (χ2n) is 6.10. The summed E-state index contributed by atoms with van der Waals surface area (Å²) in [5.74, 6) is -0.318. The molecule has 0 fully saturated rings. The average molecular weight is 301 g/mol. The third-order valence-electron chi connectivity index (χ3n) is 2.73. The molecule has 20 heavy (non-hydrogen) atoms. The maximum atomic E-state index is 11.3. The van der Waals surface area contributed by atoms with Crippen molar-refractivity contribution in [3.63, 3.8) is 0 Å². The number of phenolic OH excluding ortho intramolecular Hbond substituents is 1. The standard InChI is InChI=1S/C14H23NO4S/c1-14(2,3)15-8-13(17)10-5-6-12(16)11(7-10)9-20(4,18)19/h5-7,13,15-17H,8-9H2,1-4H3. The largest absolute Gasteiger partial charge is 0.508 e. The zero-order valence-electron chi connectivity index (χ0n) is 12.3. The van der Waals surface area contributed by atoms with Crippen molar-refractivity contribution in [2.24, 2.45) is 0 Å². The first-order chi connectivity index (χ1) is 8.98. The van der Waals surface area contributed by atoms with E-state index in [4.69, 9.17) is 0 Å². The lowest BCUT2D eigenvalue weighted by molar-refractivity contribution is 0.163. The maximum Gasteiger partial charge on any atom is 0.151 e. The number of nitrogens with one attached hydrogen (secondary N) is 1. The summed E-state index contributed by atoms with van der Waals surface area (Å²) in [6.07, 6.45) is 0.351. The van der Waals surface area contributed by atoms with Crippen molar-refractivity contribution in [1.82, 2.24) is 5.32 Å². The number of β-amino-alcohol motifs (C(OH)–C–C–N with tert-alkyl or cyclic N) is 1. The van der Waals surface area contributed by atoms with Crippen LogP contribution in [-0.2, 0) is 15.6 Å². The first kappa shape index (κ1) is 16.9. The average Bonchev–Trinajstić information content (AvgIpc) is 2.26. The van der Waals surface area contributed by atoms with E-state index in [-0.39, 0.29) is 17.0 Å². The van der Waals surface area contributed by atoms with Crippen LogP contribution in [0.4, 0.5) is 0 Å². The molecule has 5 nitrogen and oxygen atoms in total. The van der Waals surface area contributed by atoms with Crippen LogP contribution in [0, 0.1) is 0 Å². The van der Waals surface area contributed by atoms with Gasteiger partial charge in [0, 0.05) is 23.9 Å². The molecular formula is C14H23NO4S. The van der Waals surface area contributed by atoms with E-state index in [2.05, 4.69) is 5.32 Å². The number of rotatable bonds is 5. The summed E-state index contributed by atoms with van der Waals surface area (Å²) in [7, 11) is -3.23. The number of aliphatic hydroxyl groups is 1. The first-order valence-electron chi connectivity index (χ1n) is 6.40. The summed E-state index contributed by atoms with van der Waals surface area (Å²) in [4.78, 5) is 0. The Morgan fingerprint density at radius 3 is 2.40 bits per heavy atom. The zero-order chi connectivity index (χ0) is 15.6. The highest BCUT2D eigenvalue weighted by atomic mass is 32.2. The van der Waals surface area contributed by atoms with Gasteiger partial charge in [-0.15, -0.1) is 0 Å². The molecule has 0 aliphatic heterocycles. The lowest BCUT2D eigenvalue weighted by Crippen LogP contribution is -2.38. The van der Waals surface area contributed by atoms with Crippen molar-refractivity contribution in [1.29, 1.82) is 0 Å². The lowest BCUT2D eigenvalue weighted by Gasteiger charge is -2.23. The first-order valence-corrected chi connectivity index (χ1v) is 8.46. The minimum absolute atomic E-state index is 0.0739. The van der Waals surface area contributed by atoms with Gasteiger partial charge in [0.25, 0.3) is 0 Å². The fourth-order valence-electron chi connectivity index (χ4n) is 1.73. The highest BCUT2D eigenvalue weighted by Crippen LogP contribution is 2.24. The van der Waals surface area contributed by atoms with Crippen molar-refractivity contribution in [3.8, 4) is 5.75 Å². The van der Waals surface area contributed by atoms with Gasteiger partial charge in [-0.25, -0.2) is 8.42 Å². The fraction of sp³-hybridized carbons (Fsp3) is 0.571. The van der Waals surface area contributed by atoms with Crippen LogP contribution in [0.25, 0.3) is 0 Å². The Bertz CT molecular complexity index is 561. The van der Waals surface area contributed by atoms with E-state index in [9.17, 15) is 18.6 Å². The lowest BCUT2D eigenvalue weighted by atomic mass is 10.0. The minimum atomic E-state index is -3.23. The van der Waals surface area contributed by atoms with Crippen molar-refractivity contribution >= 4 is 9.84 Å².